The molecule has 0 aliphatic rings. The van der Waals surface area contributed by atoms with E-state index in [4.69, 9.17) is 0 Å². The molecule has 10 nitrogen and oxygen atoms in total. The molecule has 11 heteroatoms. The molecule has 3 rings (SSSR count). The molecule has 0 unspecified atom stereocenters. The molecule has 0 saturated heterocycles. The summed E-state index contributed by atoms with van der Waals surface area (Å²) in [6, 6.07) is 6.68. The molecule has 3 aromatic rings. The van der Waals surface area contributed by atoms with Gasteiger partial charge in [-0.25, -0.2) is 18.8 Å². The van der Waals surface area contributed by atoms with Gasteiger partial charge in [0.05, 0.1) is 5.56 Å². The number of benzene rings is 2. The van der Waals surface area contributed by atoms with Crippen LogP contribution < -0.4 is 10.6 Å². The van der Waals surface area contributed by atoms with E-state index in [2.05, 4.69) is 10.4 Å². The number of hydrogen-bond donors (Lipinski definition) is 1. The number of hydrogen-bond acceptors (Lipinski definition) is 6. The normalized spacial score (nSPS) is 10.9. The predicted molar refractivity (Wildman–Crippen MR) is 112 cm³/mol. The minimum atomic E-state index is -1.17. The van der Waals surface area contributed by atoms with Crippen molar-refractivity contribution < 1.29 is 23.9 Å². The highest BCUT2D eigenvalue weighted by molar-refractivity contribution is 5.98. The van der Waals surface area contributed by atoms with Crippen molar-refractivity contribution in [2.45, 2.75) is 33.7 Å². The van der Waals surface area contributed by atoms with Crippen molar-refractivity contribution in [1.82, 2.24) is 19.8 Å². The number of carbonyl (C=O) groups excluding carboxylic acids is 2. The van der Waals surface area contributed by atoms with E-state index in [0.29, 0.717) is 14.9 Å². The molecule has 0 fully saturated rings. The molecule has 2 aromatic carbocycles. The third kappa shape index (κ3) is 3.92. The number of ketones is 1. The molecule has 0 aliphatic heterocycles. The Hall–Kier alpha value is -4.15. The van der Waals surface area contributed by atoms with Gasteiger partial charge >= 0.3 is 17.7 Å². The highest BCUT2D eigenvalue weighted by Gasteiger charge is 2.28. The molecule has 1 amide bonds. The van der Waals surface area contributed by atoms with E-state index < -0.39 is 41.0 Å². The second-order valence-corrected chi connectivity index (χ2v) is 7.33. The lowest BCUT2D eigenvalue weighted by Gasteiger charge is -2.26. The molecule has 0 radical (unpaired) electrons. The maximum atomic E-state index is 14.5. The van der Waals surface area contributed by atoms with Crippen LogP contribution in [0.1, 0.15) is 47.1 Å². The number of aromatic nitrogens is 4. The summed E-state index contributed by atoms with van der Waals surface area (Å²) in [5.41, 5.74) is -0.879. The number of anilines is 1. The molecule has 0 aliphatic carbocycles. The van der Waals surface area contributed by atoms with Crippen molar-refractivity contribution in [3.63, 3.8) is 0 Å². The first-order chi connectivity index (χ1) is 15.0. The number of rotatable bonds is 5. The quantitative estimate of drug-likeness (QED) is 0.476. The number of para-hydroxylation sites is 1. The molecule has 1 N–H and O–H groups in total. The number of tetrazole rings is 1. The van der Waals surface area contributed by atoms with Crippen molar-refractivity contribution in [3.05, 3.63) is 69.4 Å². The van der Waals surface area contributed by atoms with Crippen LogP contribution in [-0.2, 0) is 0 Å². The van der Waals surface area contributed by atoms with E-state index in [0.717, 1.165) is 6.07 Å². The SMILES string of the molecule is CC(=O)c1cccc(F)c1-n1nnn(C(=O)N(c2ccc(C)c(C(=O)O)c2)C(C)C)c1=O. The maximum Gasteiger partial charge on any atom is 0.377 e. The summed E-state index contributed by atoms with van der Waals surface area (Å²) in [5, 5.41) is 16.5. The van der Waals surface area contributed by atoms with E-state index in [1.807, 2.05) is 0 Å². The molecule has 1 aromatic heterocycles. The first-order valence-corrected chi connectivity index (χ1v) is 9.57. The number of Topliss-reactive ketones (excluding diaryl/α,β-unsaturated/α-hetero) is 1. The van der Waals surface area contributed by atoms with Gasteiger partial charge in [0.1, 0.15) is 11.5 Å². The first kappa shape index (κ1) is 22.5. The van der Waals surface area contributed by atoms with Crippen LogP contribution in [0.4, 0.5) is 14.9 Å². The second-order valence-electron chi connectivity index (χ2n) is 7.33. The Labute approximate surface area is 181 Å². The van der Waals surface area contributed by atoms with Crippen LogP contribution >= 0.6 is 0 Å². The zero-order valence-corrected chi connectivity index (χ0v) is 17.7. The Kier molecular flexibility index (Phi) is 6.01. The number of carbonyl (C=O) groups is 3. The summed E-state index contributed by atoms with van der Waals surface area (Å²) >= 11 is 0. The van der Waals surface area contributed by atoms with Crippen molar-refractivity contribution in [1.29, 1.82) is 0 Å². The lowest BCUT2D eigenvalue weighted by molar-refractivity contribution is 0.0695. The molecular weight excluding hydrogens is 421 g/mol. The summed E-state index contributed by atoms with van der Waals surface area (Å²) in [6.45, 7) is 6.15. The van der Waals surface area contributed by atoms with Crippen LogP contribution in [0, 0.1) is 12.7 Å². The molecular formula is C21H20FN5O5. The van der Waals surface area contributed by atoms with E-state index in [1.165, 1.54) is 30.0 Å². The molecule has 0 saturated carbocycles. The summed E-state index contributed by atoms with van der Waals surface area (Å²) < 4.78 is 15.4. The molecule has 0 atom stereocenters. The van der Waals surface area contributed by atoms with Crippen LogP contribution in [0.25, 0.3) is 5.69 Å². The molecule has 166 valence electrons. The van der Waals surface area contributed by atoms with Crippen LogP contribution in [0.5, 0.6) is 0 Å². The van der Waals surface area contributed by atoms with Gasteiger partial charge < -0.3 is 5.11 Å². The maximum absolute atomic E-state index is 14.5. The predicted octanol–water partition coefficient (Wildman–Crippen LogP) is 2.66. The van der Waals surface area contributed by atoms with Crippen molar-refractivity contribution in [2.75, 3.05) is 4.90 Å². The van der Waals surface area contributed by atoms with Gasteiger partial charge in [-0.05, 0) is 68.0 Å². The van der Waals surface area contributed by atoms with Crippen molar-refractivity contribution in [3.8, 4) is 5.69 Å². The molecule has 0 bridgehead atoms. The third-order valence-corrected chi connectivity index (χ3v) is 4.79. The number of carboxylic acid groups (broad SMARTS) is 1. The average Bonchev–Trinajstić information content (AvgIpc) is 3.09. The molecule has 32 heavy (non-hydrogen) atoms. The summed E-state index contributed by atoms with van der Waals surface area (Å²) in [7, 11) is 0. The van der Waals surface area contributed by atoms with Gasteiger partial charge in [-0.3, -0.25) is 9.69 Å². The number of nitrogens with zero attached hydrogens (tertiary/aromatic N) is 5. The van der Waals surface area contributed by atoms with Crippen LogP contribution in [0.15, 0.2) is 41.2 Å². The minimum absolute atomic E-state index is 0.00518. The zero-order chi connectivity index (χ0) is 23.7. The van der Waals surface area contributed by atoms with Gasteiger partial charge in [0.25, 0.3) is 0 Å². The Morgan fingerprint density at radius 3 is 2.38 bits per heavy atom. The zero-order valence-electron chi connectivity index (χ0n) is 17.7. The minimum Gasteiger partial charge on any atom is -0.478 e. The fourth-order valence-electron chi connectivity index (χ4n) is 3.24. The first-order valence-electron chi connectivity index (χ1n) is 9.57. The number of amides is 1. The summed E-state index contributed by atoms with van der Waals surface area (Å²) in [5.74, 6) is -2.55. The van der Waals surface area contributed by atoms with Gasteiger partial charge in [-0.15, -0.1) is 4.68 Å². The smallest absolute Gasteiger partial charge is 0.377 e. The number of aromatic carboxylic acids is 1. The fraction of sp³-hybridized carbons (Fsp3) is 0.238. The molecule has 1 heterocycles. The van der Waals surface area contributed by atoms with Crippen molar-refractivity contribution in [2.24, 2.45) is 0 Å². The number of halogens is 1. The Morgan fingerprint density at radius 1 is 1.09 bits per heavy atom. The standard InChI is InChI=1S/C21H20FN5O5/c1-11(2)25(14-9-8-12(3)16(10-14)19(29)30)20(31)27-21(32)26(23-24-27)18-15(13(4)28)6-5-7-17(18)22/h5-11H,1-4H3,(H,29,30). The van der Waals surface area contributed by atoms with Gasteiger partial charge in [0, 0.05) is 17.3 Å². The van der Waals surface area contributed by atoms with E-state index >= 15 is 0 Å². The number of aryl methyl sites for hydroxylation is 1. The van der Waals surface area contributed by atoms with Crippen LogP contribution in [0.2, 0.25) is 0 Å². The topological polar surface area (TPSA) is 127 Å². The van der Waals surface area contributed by atoms with Gasteiger partial charge in [-0.1, -0.05) is 12.1 Å². The van der Waals surface area contributed by atoms with Crippen LogP contribution in [-0.4, -0.2) is 48.7 Å². The van der Waals surface area contributed by atoms with E-state index in [9.17, 15) is 28.7 Å². The molecule has 0 spiro atoms. The Bertz CT molecular complexity index is 1290. The van der Waals surface area contributed by atoms with Crippen LogP contribution in [0.3, 0.4) is 0 Å². The second kappa shape index (κ2) is 8.53. The lowest BCUT2D eigenvalue weighted by Crippen LogP contribution is -2.44. The largest absolute Gasteiger partial charge is 0.478 e. The average molecular weight is 441 g/mol. The monoisotopic (exact) mass is 441 g/mol. The number of carboxylic acids is 1. The van der Waals surface area contributed by atoms with E-state index in [1.54, 1.807) is 32.9 Å². The summed E-state index contributed by atoms with van der Waals surface area (Å²) in [6.07, 6.45) is 0. The fourth-order valence-corrected chi connectivity index (χ4v) is 3.24. The van der Waals surface area contributed by atoms with Crippen molar-refractivity contribution >= 4 is 23.5 Å². The Morgan fingerprint density at radius 2 is 1.78 bits per heavy atom. The van der Waals surface area contributed by atoms with E-state index in [-0.39, 0.29) is 16.8 Å². The van der Waals surface area contributed by atoms with Gasteiger partial charge in [0.2, 0.25) is 0 Å². The third-order valence-electron chi connectivity index (χ3n) is 4.79. The van der Waals surface area contributed by atoms with Gasteiger partial charge in [0.15, 0.2) is 5.78 Å². The van der Waals surface area contributed by atoms with Gasteiger partial charge in [-0.2, -0.15) is 4.68 Å². The lowest BCUT2D eigenvalue weighted by atomic mass is 10.1. The summed E-state index contributed by atoms with van der Waals surface area (Å²) in [4.78, 5) is 50.6. The Balaban J connectivity index is 2.12. The highest BCUT2D eigenvalue weighted by atomic mass is 19.1. The highest BCUT2D eigenvalue weighted by Crippen LogP contribution is 2.23.